The Morgan fingerprint density at radius 3 is 2.33 bits per heavy atom. The van der Waals surface area contributed by atoms with Gasteiger partial charge in [-0.1, -0.05) is 0 Å². The molecule has 0 amide bonds. The van der Waals surface area contributed by atoms with E-state index >= 15 is 0 Å². The number of nitro groups is 1. The lowest BCUT2D eigenvalue weighted by Crippen LogP contribution is -2.07. The number of rotatable bonds is 2. The molecule has 5 N–H and O–H groups in total. The van der Waals surface area contributed by atoms with Gasteiger partial charge in [-0.05, 0) is 6.07 Å². The summed E-state index contributed by atoms with van der Waals surface area (Å²) in [4.78, 5) is 26.9. The van der Waals surface area contributed by atoms with E-state index in [-0.39, 0.29) is 0 Å². The first-order valence-corrected chi connectivity index (χ1v) is 5.17. The fraction of sp³-hybridized carbons (Fsp3) is 0. The third kappa shape index (κ3) is 2.24. The zero-order chi connectivity index (χ0) is 11.8. The lowest BCUT2D eigenvalue weighted by molar-refractivity contribution is -0.385. The number of benzene rings is 1. The van der Waals surface area contributed by atoms with E-state index in [0.717, 1.165) is 6.07 Å². The van der Waals surface area contributed by atoms with Crippen LogP contribution >= 0.6 is 7.60 Å². The first kappa shape index (κ1) is 11.4. The van der Waals surface area contributed by atoms with E-state index in [2.05, 4.69) is 0 Å². The van der Waals surface area contributed by atoms with Gasteiger partial charge in [-0.25, -0.2) is 0 Å². The first-order chi connectivity index (χ1) is 6.73. The van der Waals surface area contributed by atoms with Crippen LogP contribution in [-0.2, 0) is 4.57 Å². The van der Waals surface area contributed by atoms with E-state index in [1.807, 2.05) is 0 Å². The fourth-order valence-electron chi connectivity index (χ4n) is 0.933. The monoisotopic (exact) mass is 234 g/mol. The highest BCUT2D eigenvalue weighted by atomic mass is 31.2. The smallest absolute Gasteiger partial charge is 0.356 e. The Bertz CT molecular complexity index is 467. The minimum atomic E-state index is -4.63. The van der Waals surface area contributed by atoms with Crippen LogP contribution in [0.25, 0.3) is 0 Å². The molecule has 8 nitrogen and oxygen atoms in total. The van der Waals surface area contributed by atoms with Gasteiger partial charge in [0.05, 0.1) is 15.9 Å². The lowest BCUT2D eigenvalue weighted by atomic mass is 10.2. The topological polar surface area (TPSA) is 147 Å². The molecule has 1 rings (SSSR count). The summed E-state index contributed by atoms with van der Waals surface area (Å²) in [6.07, 6.45) is 0. The maximum atomic E-state index is 10.8. The number of phenolic OH excluding ortho intramolecular Hbond substituents is 1. The number of nitro benzene ring substituents is 1. The second kappa shape index (κ2) is 3.50. The average molecular weight is 234 g/mol. The molecule has 0 saturated carbocycles. The van der Waals surface area contributed by atoms with Gasteiger partial charge in [-0.3, -0.25) is 14.7 Å². The molecule has 0 bridgehead atoms. The molecule has 0 unspecified atom stereocenters. The summed E-state index contributed by atoms with van der Waals surface area (Å²) in [6, 6.07) is 1.38. The van der Waals surface area contributed by atoms with E-state index in [9.17, 15) is 14.7 Å². The molecule has 0 aliphatic heterocycles. The molecular formula is C6H7N2O6P. The third-order valence-corrected chi connectivity index (χ3v) is 2.57. The van der Waals surface area contributed by atoms with Gasteiger partial charge < -0.3 is 20.6 Å². The number of aromatic hydroxyl groups is 1. The maximum absolute atomic E-state index is 10.8. The molecule has 1 aromatic rings. The number of nitrogens with zero attached hydrogens (tertiary/aromatic N) is 1. The van der Waals surface area contributed by atoms with Crippen LogP contribution in [0.5, 0.6) is 5.75 Å². The minimum Gasteiger partial charge on any atom is -0.501 e. The Morgan fingerprint density at radius 2 is 1.93 bits per heavy atom. The molecular weight excluding hydrogens is 227 g/mol. The largest absolute Gasteiger partial charge is 0.501 e. The van der Waals surface area contributed by atoms with Crippen LogP contribution in [0.4, 0.5) is 11.4 Å². The van der Waals surface area contributed by atoms with E-state index < -0.39 is 34.9 Å². The van der Waals surface area contributed by atoms with E-state index in [1.54, 1.807) is 0 Å². The Kier molecular flexibility index (Phi) is 2.67. The normalized spacial score (nSPS) is 11.3. The summed E-state index contributed by atoms with van der Waals surface area (Å²) >= 11 is 0. The van der Waals surface area contributed by atoms with Crippen molar-refractivity contribution in [2.45, 2.75) is 0 Å². The van der Waals surface area contributed by atoms with Crippen molar-refractivity contribution in [1.29, 1.82) is 0 Å². The Balaban J connectivity index is 3.50. The second-order valence-electron chi connectivity index (χ2n) is 2.70. The average Bonchev–Trinajstić information content (AvgIpc) is 2.06. The van der Waals surface area contributed by atoms with E-state index in [4.69, 9.17) is 20.6 Å². The third-order valence-electron chi connectivity index (χ3n) is 1.64. The van der Waals surface area contributed by atoms with Crippen LogP contribution in [0.15, 0.2) is 12.1 Å². The molecule has 0 atom stereocenters. The summed E-state index contributed by atoms with van der Waals surface area (Å²) in [7, 11) is -4.63. The summed E-state index contributed by atoms with van der Waals surface area (Å²) in [5, 5.41) is 18.9. The Labute approximate surface area is 83.3 Å². The van der Waals surface area contributed by atoms with Gasteiger partial charge in [0.15, 0.2) is 0 Å². The van der Waals surface area contributed by atoms with Gasteiger partial charge in [-0.2, -0.15) is 0 Å². The lowest BCUT2D eigenvalue weighted by Gasteiger charge is -2.06. The van der Waals surface area contributed by atoms with Gasteiger partial charge in [0.25, 0.3) is 0 Å². The van der Waals surface area contributed by atoms with Crippen LogP contribution < -0.4 is 11.0 Å². The van der Waals surface area contributed by atoms with Crippen molar-refractivity contribution >= 4 is 24.3 Å². The summed E-state index contributed by atoms with van der Waals surface area (Å²) < 4.78 is 10.8. The maximum Gasteiger partial charge on any atom is 0.356 e. The molecule has 0 fully saturated rings. The van der Waals surface area contributed by atoms with Gasteiger partial charge >= 0.3 is 13.3 Å². The molecule has 0 aromatic heterocycles. The molecule has 0 aliphatic carbocycles. The van der Waals surface area contributed by atoms with Crippen LogP contribution in [0.1, 0.15) is 0 Å². The van der Waals surface area contributed by atoms with Crippen molar-refractivity contribution < 1.29 is 24.4 Å². The minimum absolute atomic E-state index is 0.456. The quantitative estimate of drug-likeness (QED) is 0.180. The van der Waals surface area contributed by atoms with Gasteiger partial charge in [0.1, 0.15) is 0 Å². The molecule has 0 heterocycles. The zero-order valence-electron chi connectivity index (χ0n) is 7.19. The van der Waals surface area contributed by atoms with E-state index in [1.165, 1.54) is 0 Å². The molecule has 0 aliphatic rings. The van der Waals surface area contributed by atoms with E-state index in [0.29, 0.717) is 6.07 Å². The predicted molar refractivity (Wildman–Crippen MR) is 50.9 cm³/mol. The van der Waals surface area contributed by atoms with Gasteiger partial charge in [0.2, 0.25) is 5.75 Å². The van der Waals surface area contributed by atoms with Gasteiger partial charge in [-0.15, -0.1) is 0 Å². The highest BCUT2D eigenvalue weighted by molar-refractivity contribution is 7.60. The number of phenols is 1. The van der Waals surface area contributed by atoms with Crippen molar-refractivity contribution in [1.82, 2.24) is 0 Å². The fourth-order valence-corrected chi connectivity index (χ4v) is 1.53. The molecule has 0 saturated heterocycles. The summed E-state index contributed by atoms with van der Waals surface area (Å²) in [5.41, 5.74) is 3.86. The van der Waals surface area contributed by atoms with Gasteiger partial charge in [0, 0.05) is 6.07 Å². The number of anilines is 1. The molecule has 0 spiro atoms. The predicted octanol–water partition coefficient (Wildman–Crippen LogP) is -0.314. The standard InChI is InChI=1S/C6H7N2O6P/c7-4-1-3(15(12,13)14)2-5(6(4)9)8(10)11/h1-2,9H,7H2,(H2,12,13,14). The Hall–Kier alpha value is -1.63. The SMILES string of the molecule is Nc1cc(P(=O)(O)O)cc([N+](=O)[O-])c1O. The molecule has 9 heteroatoms. The first-order valence-electron chi connectivity index (χ1n) is 3.56. The second-order valence-corrected chi connectivity index (χ2v) is 4.31. The molecule has 1 aromatic carbocycles. The van der Waals surface area contributed by atoms with Crippen LogP contribution in [-0.4, -0.2) is 19.8 Å². The van der Waals surface area contributed by atoms with Crippen LogP contribution in [0.3, 0.4) is 0 Å². The van der Waals surface area contributed by atoms with Crippen molar-refractivity contribution in [3.05, 3.63) is 22.2 Å². The number of nitrogen functional groups attached to an aromatic ring is 1. The highest BCUT2D eigenvalue weighted by Crippen LogP contribution is 2.39. The van der Waals surface area contributed by atoms with Crippen molar-refractivity contribution in [2.75, 3.05) is 5.73 Å². The Morgan fingerprint density at radius 1 is 1.40 bits per heavy atom. The van der Waals surface area contributed by atoms with Crippen molar-refractivity contribution in [3.63, 3.8) is 0 Å². The number of nitrogens with two attached hydrogens (primary N) is 1. The number of hydrogen-bond donors (Lipinski definition) is 4. The molecule has 0 radical (unpaired) electrons. The highest BCUT2D eigenvalue weighted by Gasteiger charge is 2.25. The van der Waals surface area contributed by atoms with Crippen LogP contribution in [0, 0.1) is 10.1 Å². The zero-order valence-corrected chi connectivity index (χ0v) is 8.09. The van der Waals surface area contributed by atoms with Crippen molar-refractivity contribution in [2.24, 2.45) is 0 Å². The van der Waals surface area contributed by atoms with Crippen molar-refractivity contribution in [3.8, 4) is 5.75 Å². The molecule has 82 valence electrons. The summed E-state index contributed by atoms with van der Waals surface area (Å²) in [6.45, 7) is 0. The summed E-state index contributed by atoms with van der Waals surface area (Å²) in [5.74, 6) is -0.808. The molecule has 15 heavy (non-hydrogen) atoms. The number of hydrogen-bond acceptors (Lipinski definition) is 5. The van der Waals surface area contributed by atoms with Crippen LogP contribution in [0.2, 0.25) is 0 Å².